The van der Waals surface area contributed by atoms with Crippen molar-refractivity contribution in [3.05, 3.63) is 35.9 Å². The van der Waals surface area contributed by atoms with E-state index >= 15 is 0 Å². The Hall–Kier alpha value is -1.55. The molecule has 0 aliphatic heterocycles. The number of carbonyl (C=O) groups excluding carboxylic acids is 1. The highest BCUT2D eigenvalue weighted by Gasteiger charge is 2.30. The molecule has 1 aliphatic carbocycles. The van der Waals surface area contributed by atoms with E-state index < -0.39 is 0 Å². The van der Waals surface area contributed by atoms with Gasteiger partial charge in [0.05, 0.1) is 0 Å². The summed E-state index contributed by atoms with van der Waals surface area (Å²) >= 11 is 0. The molecule has 0 heterocycles. The molecule has 1 fully saturated rings. The zero-order valence-electron chi connectivity index (χ0n) is 11.6. The highest BCUT2D eigenvalue weighted by molar-refractivity contribution is 5.67. The van der Waals surface area contributed by atoms with Crippen molar-refractivity contribution in [2.45, 2.75) is 38.0 Å². The second-order valence-electron chi connectivity index (χ2n) is 5.27. The second kappa shape index (κ2) is 6.57. The van der Waals surface area contributed by atoms with Crippen LogP contribution in [0.15, 0.2) is 30.3 Å². The number of nitrogens with one attached hydrogen (secondary N) is 1. The Kier molecular flexibility index (Phi) is 4.80. The van der Waals surface area contributed by atoms with E-state index in [-0.39, 0.29) is 12.1 Å². The van der Waals surface area contributed by atoms with Crippen molar-refractivity contribution >= 4 is 6.09 Å². The molecular formula is C15H22N2O2. The second-order valence-corrected chi connectivity index (χ2v) is 5.27. The Bertz CT molecular complexity index is 406. The SMILES string of the molecule is CN(C)[C@H]1CCC[C@H]1NC(=O)OCc1ccccc1. The minimum atomic E-state index is -0.317. The predicted octanol–water partition coefficient (Wildman–Crippen LogP) is 2.40. The summed E-state index contributed by atoms with van der Waals surface area (Å²) in [4.78, 5) is 14.0. The summed E-state index contributed by atoms with van der Waals surface area (Å²) in [5.74, 6) is 0. The number of benzene rings is 1. The van der Waals surface area contributed by atoms with Gasteiger partial charge < -0.3 is 15.0 Å². The average molecular weight is 262 g/mol. The molecule has 1 N–H and O–H groups in total. The highest BCUT2D eigenvalue weighted by Crippen LogP contribution is 2.22. The zero-order valence-corrected chi connectivity index (χ0v) is 11.6. The van der Waals surface area contributed by atoms with Crippen LogP contribution in [0.2, 0.25) is 0 Å². The largest absolute Gasteiger partial charge is 0.445 e. The van der Waals surface area contributed by atoms with Gasteiger partial charge in [0, 0.05) is 12.1 Å². The molecular weight excluding hydrogens is 240 g/mol. The molecule has 0 bridgehead atoms. The van der Waals surface area contributed by atoms with Gasteiger partial charge in [-0.3, -0.25) is 0 Å². The van der Waals surface area contributed by atoms with E-state index in [1.807, 2.05) is 30.3 Å². The zero-order chi connectivity index (χ0) is 13.7. The third-order valence-electron chi connectivity index (χ3n) is 3.66. The van der Waals surface area contributed by atoms with E-state index in [1.54, 1.807) is 0 Å². The first-order valence-electron chi connectivity index (χ1n) is 6.80. The summed E-state index contributed by atoms with van der Waals surface area (Å²) in [6, 6.07) is 10.4. The summed E-state index contributed by atoms with van der Waals surface area (Å²) in [5, 5.41) is 2.98. The lowest BCUT2D eigenvalue weighted by Crippen LogP contribution is -2.46. The molecule has 0 aromatic heterocycles. The summed E-state index contributed by atoms with van der Waals surface area (Å²) in [6.45, 7) is 0.325. The maximum atomic E-state index is 11.8. The van der Waals surface area contributed by atoms with E-state index in [4.69, 9.17) is 4.74 Å². The fourth-order valence-electron chi connectivity index (χ4n) is 2.64. The standard InChI is InChI=1S/C15H22N2O2/c1-17(2)14-10-6-9-13(14)16-15(18)19-11-12-7-4-3-5-8-12/h3-5,7-8,13-14H,6,9-11H2,1-2H3,(H,16,18)/t13-,14+/m1/s1. The number of carbonyl (C=O) groups is 1. The van der Waals surface area contributed by atoms with Crippen LogP contribution in [0.3, 0.4) is 0 Å². The van der Waals surface area contributed by atoms with E-state index in [0.29, 0.717) is 12.6 Å². The molecule has 1 aromatic rings. The minimum absolute atomic E-state index is 0.207. The van der Waals surface area contributed by atoms with Crippen molar-refractivity contribution in [2.75, 3.05) is 14.1 Å². The molecule has 0 saturated heterocycles. The van der Waals surface area contributed by atoms with Gasteiger partial charge >= 0.3 is 6.09 Å². The van der Waals surface area contributed by atoms with Crippen LogP contribution in [0, 0.1) is 0 Å². The molecule has 1 aliphatic rings. The normalized spacial score (nSPS) is 22.5. The lowest BCUT2D eigenvalue weighted by atomic mass is 10.1. The van der Waals surface area contributed by atoms with E-state index in [0.717, 1.165) is 24.8 Å². The van der Waals surface area contributed by atoms with Crippen molar-refractivity contribution in [2.24, 2.45) is 0 Å². The predicted molar refractivity (Wildman–Crippen MR) is 74.9 cm³/mol. The van der Waals surface area contributed by atoms with Crippen LogP contribution in [0.5, 0.6) is 0 Å². The van der Waals surface area contributed by atoms with Gasteiger partial charge in [-0.15, -0.1) is 0 Å². The molecule has 4 nitrogen and oxygen atoms in total. The summed E-state index contributed by atoms with van der Waals surface area (Å²) < 4.78 is 5.25. The third kappa shape index (κ3) is 3.96. The molecule has 1 aromatic carbocycles. The van der Waals surface area contributed by atoms with Crippen LogP contribution < -0.4 is 5.32 Å². The third-order valence-corrected chi connectivity index (χ3v) is 3.66. The number of hydrogen-bond donors (Lipinski definition) is 1. The molecule has 1 amide bonds. The average Bonchev–Trinajstić information content (AvgIpc) is 2.86. The number of nitrogens with zero attached hydrogens (tertiary/aromatic N) is 1. The Labute approximate surface area is 114 Å². The maximum absolute atomic E-state index is 11.8. The molecule has 2 atom stereocenters. The summed E-state index contributed by atoms with van der Waals surface area (Å²) in [7, 11) is 4.11. The smallest absolute Gasteiger partial charge is 0.407 e. The summed E-state index contributed by atoms with van der Waals surface area (Å²) in [6.07, 6.45) is 3.01. The molecule has 0 unspecified atom stereocenters. The molecule has 1 saturated carbocycles. The molecule has 2 rings (SSSR count). The lowest BCUT2D eigenvalue weighted by molar-refractivity contribution is 0.130. The Morgan fingerprint density at radius 2 is 2.05 bits per heavy atom. The van der Waals surface area contributed by atoms with Gasteiger partial charge in [-0.1, -0.05) is 30.3 Å². The quantitative estimate of drug-likeness (QED) is 0.906. The van der Waals surface area contributed by atoms with Crippen LogP contribution in [-0.2, 0) is 11.3 Å². The van der Waals surface area contributed by atoms with Gasteiger partial charge in [0.15, 0.2) is 0 Å². The Morgan fingerprint density at radius 1 is 1.32 bits per heavy atom. The first kappa shape index (κ1) is 13.9. The first-order valence-corrected chi connectivity index (χ1v) is 6.80. The van der Waals surface area contributed by atoms with Crippen LogP contribution in [-0.4, -0.2) is 37.2 Å². The molecule has 0 radical (unpaired) electrons. The maximum Gasteiger partial charge on any atom is 0.407 e. The van der Waals surface area contributed by atoms with Gasteiger partial charge in [-0.2, -0.15) is 0 Å². The minimum Gasteiger partial charge on any atom is -0.445 e. The molecule has 4 heteroatoms. The van der Waals surface area contributed by atoms with Crippen molar-refractivity contribution in [1.82, 2.24) is 10.2 Å². The topological polar surface area (TPSA) is 41.6 Å². The number of likely N-dealkylation sites (N-methyl/N-ethyl adjacent to an activating group) is 1. The van der Waals surface area contributed by atoms with Gasteiger partial charge in [-0.25, -0.2) is 4.79 Å². The summed E-state index contributed by atoms with van der Waals surface area (Å²) in [5.41, 5.74) is 1.01. The van der Waals surface area contributed by atoms with Gasteiger partial charge in [0.1, 0.15) is 6.61 Å². The highest BCUT2D eigenvalue weighted by atomic mass is 16.5. The van der Waals surface area contributed by atoms with Crippen LogP contribution in [0.4, 0.5) is 4.79 Å². The molecule has 104 valence electrons. The van der Waals surface area contributed by atoms with E-state index in [9.17, 15) is 4.79 Å². The van der Waals surface area contributed by atoms with Crippen LogP contribution >= 0.6 is 0 Å². The Balaban J connectivity index is 1.78. The van der Waals surface area contributed by atoms with Crippen LogP contribution in [0.1, 0.15) is 24.8 Å². The van der Waals surface area contributed by atoms with Crippen LogP contribution in [0.25, 0.3) is 0 Å². The van der Waals surface area contributed by atoms with Gasteiger partial charge in [0.2, 0.25) is 0 Å². The lowest BCUT2D eigenvalue weighted by Gasteiger charge is -2.26. The Morgan fingerprint density at radius 3 is 2.74 bits per heavy atom. The number of hydrogen-bond acceptors (Lipinski definition) is 3. The number of alkyl carbamates (subject to hydrolysis) is 1. The first-order chi connectivity index (χ1) is 9.16. The fourth-order valence-corrected chi connectivity index (χ4v) is 2.64. The molecule has 19 heavy (non-hydrogen) atoms. The molecule has 0 spiro atoms. The van der Waals surface area contributed by atoms with Crippen molar-refractivity contribution in [3.63, 3.8) is 0 Å². The number of ether oxygens (including phenoxy) is 1. The van der Waals surface area contributed by atoms with Gasteiger partial charge in [0.25, 0.3) is 0 Å². The van der Waals surface area contributed by atoms with Crippen molar-refractivity contribution in [3.8, 4) is 0 Å². The van der Waals surface area contributed by atoms with E-state index in [2.05, 4.69) is 24.3 Å². The van der Waals surface area contributed by atoms with E-state index in [1.165, 1.54) is 0 Å². The van der Waals surface area contributed by atoms with Crippen molar-refractivity contribution in [1.29, 1.82) is 0 Å². The van der Waals surface area contributed by atoms with Crippen molar-refractivity contribution < 1.29 is 9.53 Å². The van der Waals surface area contributed by atoms with Gasteiger partial charge in [-0.05, 0) is 38.9 Å². The fraction of sp³-hybridized carbons (Fsp3) is 0.533. The number of amides is 1. The number of rotatable bonds is 4. The monoisotopic (exact) mass is 262 g/mol.